The second-order valence-electron chi connectivity index (χ2n) is 18.0. The zero-order chi connectivity index (χ0) is 28.5. The van der Waals surface area contributed by atoms with E-state index in [1.54, 1.807) is 7.11 Å². The lowest BCUT2D eigenvalue weighted by Gasteiger charge is -2.69. The van der Waals surface area contributed by atoms with Crippen LogP contribution < -0.4 is 0 Å². The zero-order valence-electron chi connectivity index (χ0n) is 26.9. The number of ether oxygens (including phenoxy) is 1. The Hall–Kier alpha value is -0.860. The van der Waals surface area contributed by atoms with E-state index in [0.717, 1.165) is 44.4 Å². The first-order chi connectivity index (χ1) is 17.3. The highest BCUT2D eigenvalue weighted by molar-refractivity contribution is 5.86. The molecule has 0 aliphatic heterocycles. The minimum Gasteiger partial charge on any atom is -0.469 e. The molecule has 0 aromatic carbocycles. The van der Waals surface area contributed by atoms with Gasteiger partial charge in [-0.2, -0.15) is 0 Å². The van der Waals surface area contributed by atoms with Crippen LogP contribution >= 0.6 is 0 Å². The summed E-state index contributed by atoms with van der Waals surface area (Å²) in [6, 6.07) is 0. The minimum absolute atomic E-state index is 0.0359. The van der Waals surface area contributed by atoms with Crippen molar-refractivity contribution in [2.45, 2.75) is 140 Å². The smallest absolute Gasteiger partial charge is 0.312 e. The average Bonchev–Trinajstić information content (AvgIpc) is 2.77. The van der Waals surface area contributed by atoms with E-state index < -0.39 is 5.41 Å². The van der Waals surface area contributed by atoms with Crippen molar-refractivity contribution in [1.29, 1.82) is 0 Å². The Morgan fingerprint density at radius 3 is 2.03 bits per heavy atom. The molecule has 5 aliphatic rings. The van der Waals surface area contributed by atoms with Gasteiger partial charge >= 0.3 is 5.97 Å². The molecule has 5 rings (SSSR count). The number of methoxy groups -OCH3 is 1. The molecule has 8 unspecified atom stereocenters. The molecule has 0 N–H and O–H groups in total. The van der Waals surface area contributed by atoms with Gasteiger partial charge < -0.3 is 4.74 Å². The van der Waals surface area contributed by atoms with E-state index in [1.165, 1.54) is 32.1 Å². The summed E-state index contributed by atoms with van der Waals surface area (Å²) < 4.78 is 5.42. The molecule has 5 fully saturated rings. The number of esters is 1. The Morgan fingerprint density at radius 1 is 0.789 bits per heavy atom. The van der Waals surface area contributed by atoms with Crippen LogP contribution in [0.25, 0.3) is 0 Å². The van der Waals surface area contributed by atoms with Gasteiger partial charge in [0.15, 0.2) is 0 Å². The third-order valence-corrected chi connectivity index (χ3v) is 12.6. The van der Waals surface area contributed by atoms with Crippen molar-refractivity contribution in [1.82, 2.24) is 0 Å². The summed E-state index contributed by atoms with van der Waals surface area (Å²) in [5.41, 5.74) is 1.14. The molecule has 38 heavy (non-hydrogen) atoms. The second-order valence-corrected chi connectivity index (χ2v) is 18.0. The first-order valence-corrected chi connectivity index (χ1v) is 15.9. The van der Waals surface area contributed by atoms with Crippen LogP contribution in [0, 0.1) is 62.1 Å². The van der Waals surface area contributed by atoms with Crippen molar-refractivity contribution >= 4 is 11.8 Å². The van der Waals surface area contributed by atoms with Crippen molar-refractivity contribution in [3.05, 3.63) is 0 Å². The van der Waals surface area contributed by atoms with Gasteiger partial charge in [0.05, 0.1) is 12.5 Å². The molecule has 3 heteroatoms. The van der Waals surface area contributed by atoms with Crippen molar-refractivity contribution in [2.75, 3.05) is 7.11 Å². The van der Waals surface area contributed by atoms with Crippen LogP contribution in [0.5, 0.6) is 0 Å². The molecule has 8 atom stereocenters. The third kappa shape index (κ3) is 4.93. The number of hydrogen-bond donors (Lipinski definition) is 0. The maximum absolute atomic E-state index is 14.2. The Labute approximate surface area is 235 Å². The van der Waals surface area contributed by atoms with Gasteiger partial charge in [-0.1, -0.05) is 75.7 Å². The van der Waals surface area contributed by atoms with E-state index >= 15 is 0 Å². The van der Waals surface area contributed by atoms with Crippen molar-refractivity contribution in [3.8, 4) is 0 Å². The van der Waals surface area contributed by atoms with E-state index in [4.69, 9.17) is 4.74 Å². The molecular formula is C35H60O3. The standard InChI is InChI=1S/C30H48O3.C5H12/c1-26(2)15-16-30(25(32)33-7)14-9-19-24(20(30)18-26)21(31)17-23-28(19,5)13-10-22-27(3,4)11-8-12-29(22,23)6;1-5(2,3)4/h19-20,22-24H,8-18H2,1-7H3;1-4H3. The van der Waals surface area contributed by atoms with Gasteiger partial charge in [-0.3, -0.25) is 9.59 Å². The normalized spacial score (nSPS) is 45.2. The highest BCUT2D eigenvalue weighted by atomic mass is 16.5. The van der Waals surface area contributed by atoms with Gasteiger partial charge in [-0.05, 0) is 109 Å². The largest absolute Gasteiger partial charge is 0.469 e. The van der Waals surface area contributed by atoms with Crippen LogP contribution in [-0.4, -0.2) is 18.9 Å². The average molecular weight is 529 g/mol. The maximum Gasteiger partial charge on any atom is 0.312 e. The quantitative estimate of drug-likeness (QED) is 0.318. The predicted octanol–water partition coefficient (Wildman–Crippen LogP) is 9.27. The molecule has 0 aromatic heterocycles. The number of carbonyl (C=O) groups excluding carboxylic acids is 2. The lowest BCUT2D eigenvalue weighted by molar-refractivity contribution is -0.210. The molecule has 218 valence electrons. The Balaban J connectivity index is 0.000000617. The van der Waals surface area contributed by atoms with Gasteiger partial charge in [-0.15, -0.1) is 0 Å². The van der Waals surface area contributed by atoms with Gasteiger partial charge in [0, 0.05) is 12.3 Å². The van der Waals surface area contributed by atoms with Crippen molar-refractivity contribution in [3.63, 3.8) is 0 Å². The third-order valence-electron chi connectivity index (χ3n) is 12.6. The Kier molecular flexibility index (Phi) is 7.61. The predicted molar refractivity (Wildman–Crippen MR) is 157 cm³/mol. The van der Waals surface area contributed by atoms with Gasteiger partial charge in [0.2, 0.25) is 0 Å². The molecule has 0 spiro atoms. The fraction of sp³-hybridized carbons (Fsp3) is 0.943. The highest BCUT2D eigenvalue weighted by Crippen LogP contribution is 2.72. The summed E-state index contributed by atoms with van der Waals surface area (Å²) in [6.07, 6.45) is 12.1. The Morgan fingerprint density at radius 2 is 1.42 bits per heavy atom. The van der Waals surface area contributed by atoms with Crippen LogP contribution in [0.1, 0.15) is 140 Å². The number of carbonyl (C=O) groups is 2. The van der Waals surface area contributed by atoms with Crippen LogP contribution in [0.3, 0.4) is 0 Å². The molecule has 5 saturated carbocycles. The second kappa shape index (κ2) is 9.61. The molecule has 0 bridgehead atoms. The molecule has 0 radical (unpaired) electrons. The van der Waals surface area contributed by atoms with Crippen LogP contribution in [0.4, 0.5) is 0 Å². The molecule has 3 nitrogen and oxygen atoms in total. The molecule has 0 aromatic rings. The summed E-state index contributed by atoms with van der Waals surface area (Å²) in [7, 11) is 1.55. The summed E-state index contributed by atoms with van der Waals surface area (Å²) in [5, 5.41) is 0. The topological polar surface area (TPSA) is 43.4 Å². The van der Waals surface area contributed by atoms with E-state index in [1.807, 2.05) is 0 Å². The lowest BCUT2D eigenvalue weighted by Crippen LogP contribution is -2.65. The van der Waals surface area contributed by atoms with E-state index in [-0.39, 0.29) is 34.1 Å². The maximum atomic E-state index is 14.2. The lowest BCUT2D eigenvalue weighted by atomic mass is 9.35. The van der Waals surface area contributed by atoms with E-state index in [2.05, 4.69) is 69.2 Å². The van der Waals surface area contributed by atoms with Crippen LogP contribution in [0.2, 0.25) is 0 Å². The number of fused-ring (bicyclic) bond motifs is 7. The molecule has 0 saturated heterocycles. The van der Waals surface area contributed by atoms with E-state index in [9.17, 15) is 9.59 Å². The number of hydrogen-bond acceptors (Lipinski definition) is 3. The number of ketones is 1. The number of Topliss-reactive ketones (excluding diaryl/α,β-unsaturated/α-hetero) is 1. The van der Waals surface area contributed by atoms with Crippen molar-refractivity contribution < 1.29 is 14.3 Å². The van der Waals surface area contributed by atoms with Gasteiger partial charge in [0.1, 0.15) is 5.78 Å². The fourth-order valence-corrected chi connectivity index (χ4v) is 11.0. The summed E-state index contributed by atoms with van der Waals surface area (Å²) in [4.78, 5) is 27.4. The molecular weight excluding hydrogens is 468 g/mol. The van der Waals surface area contributed by atoms with Crippen LogP contribution in [0.15, 0.2) is 0 Å². The van der Waals surface area contributed by atoms with Crippen molar-refractivity contribution in [2.24, 2.45) is 62.1 Å². The van der Waals surface area contributed by atoms with Gasteiger partial charge in [-0.25, -0.2) is 0 Å². The minimum atomic E-state index is -0.432. The molecule has 5 aliphatic carbocycles. The Bertz CT molecular complexity index is 918. The first kappa shape index (κ1) is 30.1. The van der Waals surface area contributed by atoms with Gasteiger partial charge in [0.25, 0.3) is 0 Å². The summed E-state index contributed by atoms with van der Waals surface area (Å²) >= 11 is 0. The first-order valence-electron chi connectivity index (χ1n) is 15.9. The molecule has 0 amide bonds. The number of rotatable bonds is 1. The molecule has 0 heterocycles. The SMILES string of the molecule is CC(C)(C)C.COC(=O)C12CCC3C(C(=O)CC4C3(C)CCC3C(C)(C)CCCC34C)C1CC(C)(C)CC2. The summed E-state index contributed by atoms with van der Waals surface area (Å²) in [5.74, 6) is 2.33. The zero-order valence-corrected chi connectivity index (χ0v) is 26.9. The van der Waals surface area contributed by atoms with Crippen LogP contribution in [-0.2, 0) is 14.3 Å². The monoisotopic (exact) mass is 528 g/mol. The fourth-order valence-electron chi connectivity index (χ4n) is 11.0. The highest BCUT2D eigenvalue weighted by Gasteiger charge is 2.68. The summed E-state index contributed by atoms with van der Waals surface area (Å²) in [6.45, 7) is 23.5. The van der Waals surface area contributed by atoms with E-state index in [0.29, 0.717) is 28.4 Å².